The topological polar surface area (TPSA) is 106 Å². The molecule has 0 amide bonds. The number of carboxylic acids is 1. The van der Waals surface area contributed by atoms with Crippen LogP contribution in [0.2, 0.25) is 0 Å². The van der Waals surface area contributed by atoms with Gasteiger partial charge in [-0.1, -0.05) is 25.5 Å². The Hall–Kier alpha value is -1.44. The molecule has 0 aromatic rings. The summed E-state index contributed by atoms with van der Waals surface area (Å²) in [5, 5.41) is 21.0. The number of carbonyl (C=O) groups excluding carboxylic acids is 1. The highest BCUT2D eigenvalue weighted by Crippen LogP contribution is 2.77. The SMILES string of the molecule is CCOC1C=C2C[C@@H](C(=O)OC)[C@H]3[C@@H]4CC[C@@](O)(CCC(=O)O)[C@@]4(C)C[C@H]4OC34[C@@]2(C)CC1. The largest absolute Gasteiger partial charge is 0.481 e. The molecule has 2 unspecified atom stereocenters. The van der Waals surface area contributed by atoms with E-state index in [4.69, 9.17) is 14.2 Å². The first-order chi connectivity index (χ1) is 15.6. The Labute approximate surface area is 195 Å². The second kappa shape index (κ2) is 7.53. The summed E-state index contributed by atoms with van der Waals surface area (Å²) in [5.74, 6) is -1.38. The number of ether oxygens (including phenoxy) is 3. The lowest BCUT2D eigenvalue weighted by Crippen LogP contribution is -2.63. The molecule has 0 radical (unpaired) electrons. The van der Waals surface area contributed by atoms with E-state index in [-0.39, 0.29) is 54.2 Å². The van der Waals surface area contributed by atoms with Gasteiger partial charge in [0.15, 0.2) is 0 Å². The van der Waals surface area contributed by atoms with Gasteiger partial charge in [-0.15, -0.1) is 0 Å². The minimum Gasteiger partial charge on any atom is -0.481 e. The number of fused-ring (bicyclic) bond motifs is 3. The third-order valence-electron chi connectivity index (χ3n) is 10.4. The highest BCUT2D eigenvalue weighted by molar-refractivity contribution is 5.74. The zero-order valence-corrected chi connectivity index (χ0v) is 20.3. The molecule has 7 nitrogen and oxygen atoms in total. The standard InChI is InChI=1S/C26H38O7/c1-5-32-16-6-9-23(2)15(12-16)13-17(22(29)31-4)21-18-7-10-25(30,11-8-20(27)28)24(18,3)14-19-26(21,23)33-19/h12,16-19,21,30H,5-11,13-14H2,1-4H3,(H,27,28)/t16?,17-,18+,19-,21+,23+,24+,25-,26?/m1/s1. The maximum atomic E-state index is 13.2. The molecule has 184 valence electrons. The predicted octanol–water partition coefficient (Wildman–Crippen LogP) is 3.48. The molecule has 0 aromatic carbocycles. The summed E-state index contributed by atoms with van der Waals surface area (Å²) in [5.41, 5.74) is -0.870. The lowest BCUT2D eigenvalue weighted by atomic mass is 9.43. The van der Waals surface area contributed by atoms with Crippen molar-refractivity contribution < 1.29 is 34.0 Å². The molecular weight excluding hydrogens is 424 g/mol. The van der Waals surface area contributed by atoms with Gasteiger partial charge in [0.05, 0.1) is 30.8 Å². The summed E-state index contributed by atoms with van der Waals surface area (Å²) in [6, 6.07) is 0. The molecule has 1 heterocycles. The molecule has 7 heteroatoms. The van der Waals surface area contributed by atoms with E-state index in [0.29, 0.717) is 25.9 Å². The number of aliphatic hydroxyl groups is 1. The molecule has 4 aliphatic carbocycles. The summed E-state index contributed by atoms with van der Waals surface area (Å²) < 4.78 is 17.9. The zero-order valence-electron chi connectivity index (χ0n) is 20.3. The Morgan fingerprint density at radius 3 is 2.67 bits per heavy atom. The number of hydrogen-bond acceptors (Lipinski definition) is 6. The third kappa shape index (κ3) is 2.97. The third-order valence-corrected chi connectivity index (χ3v) is 10.4. The van der Waals surface area contributed by atoms with Crippen molar-refractivity contribution in [3.63, 3.8) is 0 Å². The fourth-order valence-corrected chi connectivity index (χ4v) is 8.70. The minimum absolute atomic E-state index is 0.0392. The van der Waals surface area contributed by atoms with E-state index in [2.05, 4.69) is 19.9 Å². The summed E-state index contributed by atoms with van der Waals surface area (Å²) in [6.07, 6.45) is 7.03. The van der Waals surface area contributed by atoms with Crippen LogP contribution in [-0.4, -0.2) is 59.3 Å². The molecule has 3 saturated carbocycles. The number of methoxy groups -OCH3 is 1. The highest BCUT2D eigenvalue weighted by atomic mass is 16.6. The van der Waals surface area contributed by atoms with Crippen LogP contribution >= 0.6 is 0 Å². The Kier molecular flexibility index (Phi) is 5.32. The van der Waals surface area contributed by atoms with E-state index < -0.39 is 22.6 Å². The average molecular weight is 463 g/mol. The van der Waals surface area contributed by atoms with Gasteiger partial charge in [-0.25, -0.2) is 0 Å². The first-order valence-electron chi connectivity index (χ1n) is 12.6. The molecule has 0 aromatic heterocycles. The number of carboxylic acid groups (broad SMARTS) is 1. The average Bonchev–Trinajstić information content (AvgIpc) is 3.43. The summed E-state index contributed by atoms with van der Waals surface area (Å²) >= 11 is 0. The van der Waals surface area contributed by atoms with Crippen LogP contribution in [0.1, 0.15) is 72.1 Å². The quantitative estimate of drug-likeness (QED) is 0.354. The van der Waals surface area contributed by atoms with Crippen LogP contribution in [0.15, 0.2) is 11.6 Å². The smallest absolute Gasteiger partial charge is 0.309 e. The molecule has 9 atom stereocenters. The molecule has 2 N–H and O–H groups in total. The van der Waals surface area contributed by atoms with Crippen molar-refractivity contribution in [2.45, 2.75) is 95.5 Å². The maximum Gasteiger partial charge on any atom is 0.309 e. The first-order valence-corrected chi connectivity index (χ1v) is 12.6. The zero-order chi connectivity index (χ0) is 23.8. The second-order valence-corrected chi connectivity index (χ2v) is 11.5. The summed E-state index contributed by atoms with van der Waals surface area (Å²) in [6.45, 7) is 7.07. The van der Waals surface area contributed by atoms with Crippen LogP contribution in [0.3, 0.4) is 0 Å². The molecule has 1 spiro atoms. The Bertz CT molecular complexity index is 884. The minimum atomic E-state index is -1.06. The fraction of sp³-hybridized carbons (Fsp3) is 0.846. The molecule has 5 aliphatic rings. The van der Waals surface area contributed by atoms with Crippen molar-refractivity contribution in [1.82, 2.24) is 0 Å². The first kappa shape index (κ1) is 23.3. The van der Waals surface area contributed by atoms with Crippen LogP contribution in [0, 0.1) is 28.6 Å². The van der Waals surface area contributed by atoms with Crippen LogP contribution in [0.5, 0.6) is 0 Å². The second-order valence-electron chi connectivity index (χ2n) is 11.5. The molecular formula is C26H38O7. The molecule has 1 aliphatic heterocycles. The van der Waals surface area contributed by atoms with Crippen LogP contribution in [0.4, 0.5) is 0 Å². The predicted molar refractivity (Wildman–Crippen MR) is 119 cm³/mol. The molecule has 4 fully saturated rings. The number of esters is 1. The van der Waals surface area contributed by atoms with Gasteiger partial charge in [-0.05, 0) is 57.8 Å². The van der Waals surface area contributed by atoms with E-state index in [1.807, 2.05) is 6.92 Å². The highest BCUT2D eigenvalue weighted by Gasteiger charge is 2.82. The van der Waals surface area contributed by atoms with Crippen molar-refractivity contribution >= 4 is 11.9 Å². The molecule has 0 bridgehead atoms. The molecule has 33 heavy (non-hydrogen) atoms. The van der Waals surface area contributed by atoms with Gasteiger partial charge < -0.3 is 24.4 Å². The normalized spacial score (nSPS) is 49.7. The number of aliphatic carboxylic acids is 1. The van der Waals surface area contributed by atoms with E-state index in [1.54, 1.807) is 0 Å². The van der Waals surface area contributed by atoms with Crippen LogP contribution in [-0.2, 0) is 23.8 Å². The van der Waals surface area contributed by atoms with E-state index in [9.17, 15) is 19.8 Å². The lowest BCUT2D eigenvalue weighted by Gasteiger charge is -2.59. The van der Waals surface area contributed by atoms with E-state index in [0.717, 1.165) is 19.3 Å². The molecule has 5 rings (SSSR count). The van der Waals surface area contributed by atoms with Crippen molar-refractivity contribution in [1.29, 1.82) is 0 Å². The summed E-state index contributed by atoms with van der Waals surface area (Å²) in [7, 11) is 1.45. The van der Waals surface area contributed by atoms with Gasteiger partial charge in [0.25, 0.3) is 0 Å². The number of hydrogen-bond donors (Lipinski definition) is 2. The maximum absolute atomic E-state index is 13.2. The van der Waals surface area contributed by atoms with E-state index >= 15 is 0 Å². The Morgan fingerprint density at radius 1 is 1.24 bits per heavy atom. The van der Waals surface area contributed by atoms with Crippen LogP contribution in [0.25, 0.3) is 0 Å². The van der Waals surface area contributed by atoms with Gasteiger partial charge >= 0.3 is 11.9 Å². The Balaban J connectivity index is 1.56. The van der Waals surface area contributed by atoms with Crippen molar-refractivity contribution in [3.8, 4) is 0 Å². The lowest BCUT2D eigenvalue weighted by molar-refractivity contribution is -0.163. The van der Waals surface area contributed by atoms with Gasteiger partial charge in [0.2, 0.25) is 0 Å². The fourth-order valence-electron chi connectivity index (χ4n) is 8.70. The monoisotopic (exact) mass is 462 g/mol. The number of carbonyl (C=O) groups is 2. The molecule has 1 saturated heterocycles. The van der Waals surface area contributed by atoms with Gasteiger partial charge in [0, 0.05) is 29.8 Å². The van der Waals surface area contributed by atoms with Crippen molar-refractivity contribution in [2.24, 2.45) is 28.6 Å². The van der Waals surface area contributed by atoms with Crippen LogP contribution < -0.4 is 0 Å². The number of epoxide rings is 1. The van der Waals surface area contributed by atoms with Crippen molar-refractivity contribution in [2.75, 3.05) is 13.7 Å². The van der Waals surface area contributed by atoms with Gasteiger partial charge in [0.1, 0.15) is 5.60 Å². The van der Waals surface area contributed by atoms with E-state index in [1.165, 1.54) is 12.7 Å². The summed E-state index contributed by atoms with van der Waals surface area (Å²) in [4.78, 5) is 24.5. The number of rotatable bonds is 6. The van der Waals surface area contributed by atoms with Gasteiger partial charge in [-0.3, -0.25) is 9.59 Å². The van der Waals surface area contributed by atoms with Crippen molar-refractivity contribution in [3.05, 3.63) is 11.6 Å². The Morgan fingerprint density at radius 2 is 2.00 bits per heavy atom. The van der Waals surface area contributed by atoms with Gasteiger partial charge in [-0.2, -0.15) is 0 Å².